The second-order valence-electron chi connectivity index (χ2n) is 5.08. The number of carbonyl (C=O) groups is 1. The fourth-order valence-electron chi connectivity index (χ4n) is 2.56. The average molecular weight is 271 g/mol. The Kier molecular flexibility index (Phi) is 6.03. The Bertz CT molecular complexity index is 282. The van der Waals surface area contributed by atoms with Crippen LogP contribution >= 0.6 is 0 Å². The molecule has 2 aliphatic rings. The summed E-state index contributed by atoms with van der Waals surface area (Å²) in [6.45, 7) is 7.40. The third kappa shape index (κ3) is 4.42. The number of amides is 1. The highest BCUT2D eigenvalue weighted by atomic mass is 16.5. The number of hydrogen-bond donors (Lipinski definition) is 1. The second-order valence-corrected chi connectivity index (χ2v) is 5.08. The second kappa shape index (κ2) is 7.79. The van der Waals surface area contributed by atoms with E-state index in [1.807, 2.05) is 4.90 Å². The van der Waals surface area contributed by atoms with Gasteiger partial charge in [-0.25, -0.2) is 0 Å². The molecular weight excluding hydrogens is 246 g/mol. The standard InChI is InChI=1S/C13H25N3O3/c1-18-10-8-15-4-2-5-16(7-6-15)13(17)12-11-14-3-9-19-12/h12,14H,2-11H2,1H3. The molecule has 6 heteroatoms. The molecule has 0 spiro atoms. The first kappa shape index (κ1) is 14.7. The first-order valence-corrected chi connectivity index (χ1v) is 7.13. The first-order valence-electron chi connectivity index (χ1n) is 7.13. The van der Waals surface area contributed by atoms with E-state index in [1.165, 1.54) is 0 Å². The van der Waals surface area contributed by atoms with Crippen LogP contribution in [0.25, 0.3) is 0 Å². The van der Waals surface area contributed by atoms with Crippen LogP contribution in [0.15, 0.2) is 0 Å². The van der Waals surface area contributed by atoms with Gasteiger partial charge in [-0.1, -0.05) is 0 Å². The summed E-state index contributed by atoms with van der Waals surface area (Å²) in [4.78, 5) is 16.7. The zero-order valence-electron chi connectivity index (χ0n) is 11.8. The molecule has 2 saturated heterocycles. The van der Waals surface area contributed by atoms with Crippen molar-refractivity contribution < 1.29 is 14.3 Å². The number of ether oxygens (including phenoxy) is 2. The molecule has 1 unspecified atom stereocenters. The summed E-state index contributed by atoms with van der Waals surface area (Å²) in [5.41, 5.74) is 0. The molecule has 0 bridgehead atoms. The highest BCUT2D eigenvalue weighted by Gasteiger charge is 2.28. The predicted molar refractivity (Wildman–Crippen MR) is 72.1 cm³/mol. The number of carbonyl (C=O) groups excluding carboxylic acids is 1. The Morgan fingerprint density at radius 1 is 1.37 bits per heavy atom. The Morgan fingerprint density at radius 2 is 2.26 bits per heavy atom. The summed E-state index contributed by atoms with van der Waals surface area (Å²) in [5.74, 6) is 0.140. The van der Waals surface area contributed by atoms with E-state index in [-0.39, 0.29) is 12.0 Å². The van der Waals surface area contributed by atoms with Crippen LogP contribution in [-0.4, -0.2) is 87.9 Å². The van der Waals surface area contributed by atoms with Gasteiger partial charge in [-0.15, -0.1) is 0 Å². The Labute approximate surface area is 115 Å². The normalized spacial score (nSPS) is 26.2. The maximum absolute atomic E-state index is 12.3. The molecule has 19 heavy (non-hydrogen) atoms. The molecule has 110 valence electrons. The fourth-order valence-corrected chi connectivity index (χ4v) is 2.56. The fraction of sp³-hybridized carbons (Fsp3) is 0.923. The van der Waals surface area contributed by atoms with Crippen molar-refractivity contribution >= 4 is 5.91 Å². The van der Waals surface area contributed by atoms with E-state index in [9.17, 15) is 4.79 Å². The van der Waals surface area contributed by atoms with Gasteiger partial charge in [0.25, 0.3) is 5.91 Å². The number of rotatable bonds is 4. The van der Waals surface area contributed by atoms with Gasteiger partial charge in [0.1, 0.15) is 6.10 Å². The predicted octanol–water partition coefficient (Wildman–Crippen LogP) is -0.844. The molecule has 6 nitrogen and oxygen atoms in total. The Morgan fingerprint density at radius 3 is 3.00 bits per heavy atom. The van der Waals surface area contributed by atoms with Crippen LogP contribution in [-0.2, 0) is 14.3 Å². The number of morpholine rings is 1. The Hall–Kier alpha value is -0.690. The molecule has 0 aromatic rings. The van der Waals surface area contributed by atoms with Gasteiger partial charge in [0.15, 0.2) is 0 Å². The lowest BCUT2D eigenvalue weighted by Gasteiger charge is -2.29. The molecule has 0 aromatic heterocycles. The third-order valence-electron chi connectivity index (χ3n) is 3.71. The van der Waals surface area contributed by atoms with Crippen LogP contribution in [0.1, 0.15) is 6.42 Å². The summed E-state index contributed by atoms with van der Waals surface area (Å²) >= 11 is 0. The van der Waals surface area contributed by atoms with Gasteiger partial charge in [-0.3, -0.25) is 9.69 Å². The van der Waals surface area contributed by atoms with Crippen molar-refractivity contribution in [2.45, 2.75) is 12.5 Å². The number of nitrogens with one attached hydrogen (secondary N) is 1. The number of nitrogens with zero attached hydrogens (tertiary/aromatic N) is 2. The minimum atomic E-state index is -0.292. The van der Waals surface area contributed by atoms with Crippen LogP contribution in [0.4, 0.5) is 0 Å². The Balaban J connectivity index is 1.79. The largest absolute Gasteiger partial charge is 0.383 e. The molecule has 2 fully saturated rings. The lowest BCUT2D eigenvalue weighted by molar-refractivity contribution is -0.145. The minimum absolute atomic E-state index is 0.140. The van der Waals surface area contributed by atoms with Crippen molar-refractivity contribution in [2.24, 2.45) is 0 Å². The summed E-state index contributed by atoms with van der Waals surface area (Å²) in [5, 5.41) is 3.21. The van der Waals surface area contributed by atoms with E-state index in [0.29, 0.717) is 13.2 Å². The van der Waals surface area contributed by atoms with Crippen LogP contribution in [0.3, 0.4) is 0 Å². The molecule has 0 aromatic carbocycles. The monoisotopic (exact) mass is 271 g/mol. The number of hydrogen-bond acceptors (Lipinski definition) is 5. The third-order valence-corrected chi connectivity index (χ3v) is 3.71. The lowest BCUT2D eigenvalue weighted by Crippen LogP contribution is -2.50. The quantitative estimate of drug-likeness (QED) is 0.722. The van der Waals surface area contributed by atoms with Crippen molar-refractivity contribution in [3.05, 3.63) is 0 Å². The molecule has 1 amide bonds. The molecule has 1 atom stereocenters. The minimum Gasteiger partial charge on any atom is -0.383 e. The zero-order chi connectivity index (χ0) is 13.5. The van der Waals surface area contributed by atoms with Gasteiger partial charge in [-0.05, 0) is 13.0 Å². The average Bonchev–Trinajstić information content (AvgIpc) is 2.71. The van der Waals surface area contributed by atoms with Crippen LogP contribution in [0.2, 0.25) is 0 Å². The van der Waals surface area contributed by atoms with E-state index >= 15 is 0 Å². The summed E-state index contributed by atoms with van der Waals surface area (Å²) in [6.07, 6.45) is 0.731. The van der Waals surface area contributed by atoms with Crippen molar-refractivity contribution in [3.63, 3.8) is 0 Å². The van der Waals surface area contributed by atoms with E-state index in [0.717, 1.165) is 52.3 Å². The van der Waals surface area contributed by atoms with E-state index in [1.54, 1.807) is 7.11 Å². The lowest BCUT2D eigenvalue weighted by atomic mass is 10.2. The molecule has 2 heterocycles. The molecule has 0 aliphatic carbocycles. The van der Waals surface area contributed by atoms with E-state index < -0.39 is 0 Å². The molecule has 0 saturated carbocycles. The molecular formula is C13H25N3O3. The van der Waals surface area contributed by atoms with E-state index in [4.69, 9.17) is 9.47 Å². The van der Waals surface area contributed by atoms with Gasteiger partial charge >= 0.3 is 0 Å². The first-order chi connectivity index (χ1) is 9.31. The topological polar surface area (TPSA) is 54.0 Å². The summed E-state index contributed by atoms with van der Waals surface area (Å²) in [7, 11) is 1.72. The van der Waals surface area contributed by atoms with Crippen LogP contribution < -0.4 is 5.32 Å². The van der Waals surface area contributed by atoms with Gasteiger partial charge < -0.3 is 19.7 Å². The van der Waals surface area contributed by atoms with Gasteiger partial charge in [0, 0.05) is 46.4 Å². The van der Waals surface area contributed by atoms with Crippen LogP contribution in [0.5, 0.6) is 0 Å². The molecule has 0 radical (unpaired) electrons. The van der Waals surface area contributed by atoms with Gasteiger partial charge in [-0.2, -0.15) is 0 Å². The maximum atomic E-state index is 12.3. The van der Waals surface area contributed by atoms with Crippen molar-refractivity contribution in [1.29, 1.82) is 0 Å². The maximum Gasteiger partial charge on any atom is 0.253 e. The highest BCUT2D eigenvalue weighted by Crippen LogP contribution is 2.08. The van der Waals surface area contributed by atoms with Gasteiger partial charge in [0.2, 0.25) is 0 Å². The van der Waals surface area contributed by atoms with E-state index in [2.05, 4.69) is 10.2 Å². The number of methoxy groups -OCH3 is 1. The summed E-state index contributed by atoms with van der Waals surface area (Å²) in [6, 6.07) is 0. The highest BCUT2D eigenvalue weighted by molar-refractivity contribution is 5.81. The van der Waals surface area contributed by atoms with Gasteiger partial charge in [0.05, 0.1) is 13.2 Å². The van der Waals surface area contributed by atoms with Crippen molar-refractivity contribution in [3.8, 4) is 0 Å². The van der Waals surface area contributed by atoms with Crippen LogP contribution in [0, 0.1) is 0 Å². The van der Waals surface area contributed by atoms with Crippen molar-refractivity contribution in [1.82, 2.24) is 15.1 Å². The smallest absolute Gasteiger partial charge is 0.253 e. The summed E-state index contributed by atoms with van der Waals surface area (Å²) < 4.78 is 10.6. The molecule has 2 rings (SSSR count). The molecule has 2 aliphatic heterocycles. The SMILES string of the molecule is COCCN1CCCN(C(=O)C2CNCCO2)CC1. The molecule has 1 N–H and O–H groups in total. The zero-order valence-corrected chi connectivity index (χ0v) is 11.8. The van der Waals surface area contributed by atoms with Crippen molar-refractivity contribution in [2.75, 3.05) is 66.1 Å².